The Morgan fingerprint density at radius 2 is 1.97 bits per heavy atom. The van der Waals surface area contributed by atoms with Crippen molar-refractivity contribution in [3.8, 4) is 11.3 Å². The van der Waals surface area contributed by atoms with Gasteiger partial charge in [0.2, 0.25) is 11.8 Å². The quantitative estimate of drug-likeness (QED) is 0.646. The lowest BCUT2D eigenvalue weighted by Crippen LogP contribution is -2.30. The van der Waals surface area contributed by atoms with Crippen LogP contribution < -0.4 is 5.32 Å². The van der Waals surface area contributed by atoms with Crippen molar-refractivity contribution < 1.29 is 18.4 Å². The third kappa shape index (κ3) is 4.09. The van der Waals surface area contributed by atoms with Crippen molar-refractivity contribution in [2.24, 2.45) is 5.92 Å². The largest absolute Gasteiger partial charge is 0.335 e. The van der Waals surface area contributed by atoms with Gasteiger partial charge in [-0.2, -0.15) is 0 Å². The van der Waals surface area contributed by atoms with E-state index in [1.54, 1.807) is 10.3 Å². The van der Waals surface area contributed by atoms with E-state index in [0.717, 1.165) is 17.7 Å². The number of likely N-dealkylation sites (tertiary alicyclic amines) is 1. The van der Waals surface area contributed by atoms with Crippen molar-refractivity contribution in [2.75, 3.05) is 11.9 Å². The van der Waals surface area contributed by atoms with Crippen LogP contribution in [0.2, 0.25) is 0 Å². The maximum absolute atomic E-state index is 13.4. The van der Waals surface area contributed by atoms with Crippen LogP contribution in [0.15, 0.2) is 53.9 Å². The summed E-state index contributed by atoms with van der Waals surface area (Å²) in [5, 5.41) is 4.75. The topological polar surface area (TPSA) is 62.3 Å². The number of hydrogen-bond acceptors (Lipinski definition) is 4. The number of nitrogens with one attached hydrogen (secondary N) is 1. The Morgan fingerprint density at radius 3 is 2.70 bits per heavy atom. The molecular formula is C22H19F2N3O2S. The van der Waals surface area contributed by atoms with Gasteiger partial charge in [0.05, 0.1) is 17.7 Å². The zero-order chi connectivity index (χ0) is 21.3. The number of aromatic nitrogens is 1. The SMILES string of the molecule is C[C@H](c1ccccc1)N1C[C@@H](C(=O)Nc2nc(-c3ccc(F)c(F)c3)cs2)CC1=O. The summed E-state index contributed by atoms with van der Waals surface area (Å²) in [6, 6.07) is 13.1. The van der Waals surface area contributed by atoms with Gasteiger partial charge >= 0.3 is 0 Å². The van der Waals surface area contributed by atoms with E-state index in [9.17, 15) is 18.4 Å². The van der Waals surface area contributed by atoms with Crippen LogP contribution in [-0.4, -0.2) is 28.2 Å². The first-order chi connectivity index (χ1) is 14.4. The maximum atomic E-state index is 13.4. The summed E-state index contributed by atoms with van der Waals surface area (Å²) >= 11 is 1.19. The first-order valence-electron chi connectivity index (χ1n) is 9.48. The molecule has 1 aliphatic heterocycles. The van der Waals surface area contributed by atoms with Crippen LogP contribution in [0.1, 0.15) is 24.9 Å². The second-order valence-electron chi connectivity index (χ2n) is 7.19. The van der Waals surface area contributed by atoms with Gasteiger partial charge in [0, 0.05) is 23.9 Å². The Morgan fingerprint density at radius 1 is 1.20 bits per heavy atom. The first kappa shape index (κ1) is 20.2. The van der Waals surface area contributed by atoms with E-state index in [-0.39, 0.29) is 24.3 Å². The lowest BCUT2D eigenvalue weighted by Gasteiger charge is -2.25. The van der Waals surface area contributed by atoms with Gasteiger partial charge in [-0.1, -0.05) is 30.3 Å². The Bertz CT molecular complexity index is 1090. The van der Waals surface area contributed by atoms with E-state index in [4.69, 9.17) is 0 Å². The second kappa shape index (κ2) is 8.31. The summed E-state index contributed by atoms with van der Waals surface area (Å²) in [5.41, 5.74) is 1.88. The molecule has 0 spiro atoms. The van der Waals surface area contributed by atoms with Gasteiger partial charge in [-0.3, -0.25) is 9.59 Å². The number of thiazole rings is 1. The van der Waals surface area contributed by atoms with E-state index in [0.29, 0.717) is 22.9 Å². The average Bonchev–Trinajstić information content (AvgIpc) is 3.37. The molecule has 4 rings (SSSR count). The molecule has 2 atom stereocenters. The van der Waals surface area contributed by atoms with Crippen molar-refractivity contribution in [2.45, 2.75) is 19.4 Å². The summed E-state index contributed by atoms with van der Waals surface area (Å²) in [6.07, 6.45) is 0.143. The Kier molecular flexibility index (Phi) is 5.59. The van der Waals surface area contributed by atoms with Gasteiger partial charge in [-0.25, -0.2) is 13.8 Å². The fourth-order valence-corrected chi connectivity index (χ4v) is 4.24. The molecule has 1 aliphatic rings. The molecule has 3 aromatic rings. The number of amides is 2. The van der Waals surface area contributed by atoms with Gasteiger partial charge in [-0.15, -0.1) is 11.3 Å². The van der Waals surface area contributed by atoms with Crippen LogP contribution in [0.5, 0.6) is 0 Å². The summed E-state index contributed by atoms with van der Waals surface area (Å²) < 4.78 is 26.6. The first-order valence-corrected chi connectivity index (χ1v) is 10.4. The van der Waals surface area contributed by atoms with E-state index < -0.39 is 17.6 Å². The van der Waals surface area contributed by atoms with Crippen LogP contribution >= 0.6 is 11.3 Å². The van der Waals surface area contributed by atoms with Crippen molar-refractivity contribution in [1.82, 2.24) is 9.88 Å². The van der Waals surface area contributed by atoms with Crippen LogP contribution in [-0.2, 0) is 9.59 Å². The van der Waals surface area contributed by atoms with Gasteiger partial charge in [-0.05, 0) is 30.7 Å². The molecule has 1 N–H and O–H groups in total. The highest BCUT2D eigenvalue weighted by Crippen LogP contribution is 2.30. The number of halogens is 2. The molecule has 2 aromatic carbocycles. The highest BCUT2D eigenvalue weighted by atomic mass is 32.1. The zero-order valence-corrected chi connectivity index (χ0v) is 17.0. The molecule has 0 bridgehead atoms. The molecule has 2 heterocycles. The summed E-state index contributed by atoms with van der Waals surface area (Å²) in [5.74, 6) is -2.70. The normalized spacial score (nSPS) is 17.2. The highest BCUT2D eigenvalue weighted by molar-refractivity contribution is 7.14. The summed E-state index contributed by atoms with van der Waals surface area (Å²) in [4.78, 5) is 31.1. The number of carbonyl (C=O) groups excluding carboxylic acids is 2. The fraction of sp³-hybridized carbons (Fsp3) is 0.227. The molecule has 1 saturated heterocycles. The molecule has 8 heteroatoms. The molecule has 0 saturated carbocycles. The number of rotatable bonds is 5. The lowest BCUT2D eigenvalue weighted by atomic mass is 10.1. The average molecular weight is 427 g/mol. The molecule has 5 nitrogen and oxygen atoms in total. The van der Waals surface area contributed by atoms with Crippen molar-refractivity contribution in [1.29, 1.82) is 0 Å². The van der Waals surface area contributed by atoms with Gasteiger partial charge in [0.25, 0.3) is 0 Å². The summed E-state index contributed by atoms with van der Waals surface area (Å²) in [7, 11) is 0. The number of nitrogens with zero attached hydrogens (tertiary/aromatic N) is 2. The van der Waals surface area contributed by atoms with Crippen LogP contribution in [0.3, 0.4) is 0 Å². The van der Waals surface area contributed by atoms with Crippen molar-refractivity contribution in [3.63, 3.8) is 0 Å². The standard InChI is InChI=1S/C22H19F2N3O2S/c1-13(14-5-3-2-4-6-14)27-11-16(10-20(27)28)21(29)26-22-25-19(12-30-22)15-7-8-17(23)18(24)9-15/h2-9,12-13,16H,10-11H2,1H3,(H,25,26,29)/t13-,16+/m1/s1. The minimum absolute atomic E-state index is 0.0619. The Balaban J connectivity index is 1.42. The van der Waals surface area contributed by atoms with Gasteiger partial charge < -0.3 is 10.2 Å². The molecule has 154 valence electrons. The number of benzene rings is 2. The Labute approximate surface area is 176 Å². The van der Waals surface area contributed by atoms with Crippen molar-refractivity contribution in [3.05, 3.63) is 71.1 Å². The monoisotopic (exact) mass is 427 g/mol. The van der Waals surface area contributed by atoms with Crippen molar-refractivity contribution >= 4 is 28.3 Å². The lowest BCUT2D eigenvalue weighted by molar-refractivity contribution is -0.129. The fourth-order valence-electron chi connectivity index (χ4n) is 3.52. The second-order valence-corrected chi connectivity index (χ2v) is 8.05. The summed E-state index contributed by atoms with van der Waals surface area (Å²) in [6.45, 7) is 2.28. The zero-order valence-electron chi connectivity index (χ0n) is 16.1. The number of hydrogen-bond donors (Lipinski definition) is 1. The molecule has 0 unspecified atom stereocenters. The van der Waals surface area contributed by atoms with Crippen LogP contribution in [0.25, 0.3) is 11.3 Å². The molecular weight excluding hydrogens is 408 g/mol. The van der Waals surface area contributed by atoms with E-state index >= 15 is 0 Å². The van der Waals surface area contributed by atoms with E-state index in [1.165, 1.54) is 17.4 Å². The molecule has 1 fully saturated rings. The highest BCUT2D eigenvalue weighted by Gasteiger charge is 2.37. The van der Waals surface area contributed by atoms with Gasteiger partial charge in [0.1, 0.15) is 0 Å². The minimum atomic E-state index is -0.955. The van der Waals surface area contributed by atoms with Gasteiger partial charge in [0.15, 0.2) is 16.8 Å². The van der Waals surface area contributed by atoms with Crippen LogP contribution in [0, 0.1) is 17.6 Å². The predicted molar refractivity (Wildman–Crippen MR) is 111 cm³/mol. The molecule has 2 amide bonds. The third-order valence-corrected chi connectivity index (χ3v) is 5.99. The predicted octanol–water partition coefficient (Wildman–Crippen LogP) is 4.64. The molecule has 30 heavy (non-hydrogen) atoms. The molecule has 1 aromatic heterocycles. The van der Waals surface area contributed by atoms with E-state index in [1.807, 2.05) is 37.3 Å². The third-order valence-electron chi connectivity index (χ3n) is 5.23. The Hall–Kier alpha value is -3.13. The molecule has 0 aliphatic carbocycles. The maximum Gasteiger partial charge on any atom is 0.231 e. The molecule has 0 radical (unpaired) electrons. The number of carbonyl (C=O) groups is 2. The number of anilines is 1. The van der Waals surface area contributed by atoms with Crippen LogP contribution in [0.4, 0.5) is 13.9 Å². The smallest absolute Gasteiger partial charge is 0.231 e. The van der Waals surface area contributed by atoms with E-state index in [2.05, 4.69) is 10.3 Å². The minimum Gasteiger partial charge on any atom is -0.335 e.